The van der Waals surface area contributed by atoms with Gasteiger partial charge in [0.25, 0.3) is 0 Å². The van der Waals surface area contributed by atoms with E-state index in [0.29, 0.717) is 17.5 Å². The second-order valence-electron chi connectivity index (χ2n) is 5.69. The van der Waals surface area contributed by atoms with Gasteiger partial charge >= 0.3 is 0 Å². The van der Waals surface area contributed by atoms with Crippen LogP contribution in [0.3, 0.4) is 0 Å². The van der Waals surface area contributed by atoms with Crippen LogP contribution in [-0.2, 0) is 0 Å². The van der Waals surface area contributed by atoms with E-state index in [1.54, 1.807) is 6.26 Å². The Kier molecular flexibility index (Phi) is 4.90. The highest BCUT2D eigenvalue weighted by molar-refractivity contribution is 5.59. The standard InChI is InChI=1S/C16H23N5O/c17-16-20-13(14-7-4-10-22-14)11-15(21-16)19-9-8-18-12-5-2-1-3-6-12/h4,7,10-12,18H,1-3,5-6,8-9H2,(H3,17,19,20,21). The molecule has 2 heterocycles. The van der Waals surface area contributed by atoms with Gasteiger partial charge < -0.3 is 20.8 Å². The Morgan fingerprint density at radius 3 is 2.82 bits per heavy atom. The summed E-state index contributed by atoms with van der Waals surface area (Å²) in [7, 11) is 0. The van der Waals surface area contributed by atoms with Crippen LogP contribution in [-0.4, -0.2) is 29.1 Å². The first-order valence-corrected chi connectivity index (χ1v) is 7.97. The lowest BCUT2D eigenvalue weighted by Gasteiger charge is -2.22. The average Bonchev–Trinajstić information content (AvgIpc) is 3.07. The Morgan fingerprint density at radius 2 is 2.05 bits per heavy atom. The predicted molar refractivity (Wildman–Crippen MR) is 87.5 cm³/mol. The fourth-order valence-electron chi connectivity index (χ4n) is 2.88. The molecule has 0 amide bonds. The SMILES string of the molecule is Nc1nc(NCCNC2CCCCC2)cc(-c2ccco2)n1. The minimum Gasteiger partial charge on any atom is -0.463 e. The Labute approximate surface area is 130 Å². The molecule has 1 aliphatic carbocycles. The minimum absolute atomic E-state index is 0.247. The van der Waals surface area contributed by atoms with Crippen LogP contribution < -0.4 is 16.4 Å². The van der Waals surface area contributed by atoms with E-state index in [2.05, 4.69) is 20.6 Å². The molecule has 0 aromatic carbocycles. The second kappa shape index (κ2) is 7.26. The van der Waals surface area contributed by atoms with Crippen LogP contribution in [0.1, 0.15) is 32.1 Å². The van der Waals surface area contributed by atoms with Crippen molar-refractivity contribution in [2.45, 2.75) is 38.1 Å². The number of hydrogen-bond donors (Lipinski definition) is 3. The van der Waals surface area contributed by atoms with Gasteiger partial charge in [-0.15, -0.1) is 0 Å². The van der Waals surface area contributed by atoms with Crippen molar-refractivity contribution in [3.8, 4) is 11.5 Å². The first-order chi connectivity index (χ1) is 10.8. The van der Waals surface area contributed by atoms with Crippen molar-refractivity contribution in [1.29, 1.82) is 0 Å². The Morgan fingerprint density at radius 1 is 1.18 bits per heavy atom. The first-order valence-electron chi connectivity index (χ1n) is 7.97. The lowest BCUT2D eigenvalue weighted by molar-refractivity contribution is 0.378. The van der Waals surface area contributed by atoms with Crippen molar-refractivity contribution in [3.63, 3.8) is 0 Å². The number of hydrogen-bond acceptors (Lipinski definition) is 6. The molecule has 0 saturated heterocycles. The number of nitrogens with one attached hydrogen (secondary N) is 2. The molecule has 22 heavy (non-hydrogen) atoms. The van der Waals surface area contributed by atoms with Crippen molar-refractivity contribution >= 4 is 11.8 Å². The molecule has 1 saturated carbocycles. The molecular formula is C16H23N5O. The molecule has 2 aromatic heterocycles. The number of nitrogens with two attached hydrogens (primary N) is 1. The second-order valence-corrected chi connectivity index (χ2v) is 5.69. The van der Waals surface area contributed by atoms with Crippen LogP contribution in [0.5, 0.6) is 0 Å². The van der Waals surface area contributed by atoms with E-state index < -0.39 is 0 Å². The zero-order chi connectivity index (χ0) is 15.2. The Balaban J connectivity index is 1.51. The van der Waals surface area contributed by atoms with Crippen molar-refractivity contribution < 1.29 is 4.42 Å². The fourth-order valence-corrected chi connectivity index (χ4v) is 2.88. The summed E-state index contributed by atoms with van der Waals surface area (Å²) in [6.45, 7) is 1.73. The van der Waals surface area contributed by atoms with Crippen molar-refractivity contribution in [2.75, 3.05) is 24.1 Å². The van der Waals surface area contributed by atoms with E-state index >= 15 is 0 Å². The molecule has 0 bridgehead atoms. The predicted octanol–water partition coefficient (Wildman–Crippen LogP) is 2.65. The van der Waals surface area contributed by atoms with E-state index in [0.717, 1.165) is 18.9 Å². The van der Waals surface area contributed by atoms with Crippen LogP contribution in [0, 0.1) is 0 Å². The highest BCUT2D eigenvalue weighted by atomic mass is 16.3. The number of anilines is 2. The van der Waals surface area contributed by atoms with Gasteiger partial charge in [0.1, 0.15) is 11.5 Å². The summed E-state index contributed by atoms with van der Waals surface area (Å²) < 4.78 is 5.35. The summed E-state index contributed by atoms with van der Waals surface area (Å²) in [5, 5.41) is 6.89. The van der Waals surface area contributed by atoms with Gasteiger partial charge in [-0.3, -0.25) is 0 Å². The average molecular weight is 301 g/mol. The van der Waals surface area contributed by atoms with Gasteiger partial charge in [0.05, 0.1) is 6.26 Å². The Bertz CT molecular complexity index is 578. The summed E-state index contributed by atoms with van der Waals surface area (Å²) >= 11 is 0. The van der Waals surface area contributed by atoms with E-state index in [1.807, 2.05) is 18.2 Å². The monoisotopic (exact) mass is 301 g/mol. The quantitative estimate of drug-likeness (QED) is 0.711. The number of rotatable bonds is 6. The maximum absolute atomic E-state index is 5.77. The number of aromatic nitrogens is 2. The van der Waals surface area contributed by atoms with Gasteiger partial charge in [0, 0.05) is 25.2 Å². The molecule has 3 rings (SSSR count). The van der Waals surface area contributed by atoms with E-state index in [4.69, 9.17) is 10.2 Å². The van der Waals surface area contributed by atoms with Gasteiger partial charge in [-0.1, -0.05) is 19.3 Å². The smallest absolute Gasteiger partial charge is 0.222 e. The normalized spacial score (nSPS) is 15.8. The van der Waals surface area contributed by atoms with Crippen LogP contribution in [0.15, 0.2) is 28.9 Å². The lowest BCUT2D eigenvalue weighted by atomic mass is 9.95. The van der Waals surface area contributed by atoms with Gasteiger partial charge in [-0.25, -0.2) is 4.98 Å². The van der Waals surface area contributed by atoms with Crippen LogP contribution in [0.25, 0.3) is 11.5 Å². The number of nitrogen functional groups attached to an aromatic ring is 1. The molecule has 1 aliphatic rings. The molecule has 0 radical (unpaired) electrons. The third kappa shape index (κ3) is 3.98. The minimum atomic E-state index is 0.247. The summed E-state index contributed by atoms with van der Waals surface area (Å²) in [4.78, 5) is 8.41. The zero-order valence-electron chi connectivity index (χ0n) is 12.7. The van der Waals surface area contributed by atoms with Crippen molar-refractivity contribution in [1.82, 2.24) is 15.3 Å². The van der Waals surface area contributed by atoms with Crippen molar-refractivity contribution in [3.05, 3.63) is 24.5 Å². The molecule has 6 nitrogen and oxygen atoms in total. The first kappa shape index (κ1) is 14.8. The maximum atomic E-state index is 5.77. The molecule has 0 aliphatic heterocycles. The van der Waals surface area contributed by atoms with Gasteiger partial charge in [-0.2, -0.15) is 4.98 Å². The molecule has 0 unspecified atom stereocenters. The summed E-state index contributed by atoms with van der Waals surface area (Å²) in [6, 6.07) is 6.21. The van der Waals surface area contributed by atoms with Crippen LogP contribution >= 0.6 is 0 Å². The highest BCUT2D eigenvalue weighted by Gasteiger charge is 2.12. The fraction of sp³-hybridized carbons (Fsp3) is 0.500. The highest BCUT2D eigenvalue weighted by Crippen LogP contribution is 2.21. The molecule has 6 heteroatoms. The van der Waals surface area contributed by atoms with Gasteiger partial charge in [-0.05, 0) is 25.0 Å². The van der Waals surface area contributed by atoms with Crippen LogP contribution in [0.4, 0.5) is 11.8 Å². The number of furan rings is 1. The molecule has 4 N–H and O–H groups in total. The number of nitrogens with zero attached hydrogens (tertiary/aromatic N) is 2. The molecular weight excluding hydrogens is 278 g/mol. The Hall–Kier alpha value is -2.08. The van der Waals surface area contributed by atoms with Crippen LogP contribution in [0.2, 0.25) is 0 Å². The maximum Gasteiger partial charge on any atom is 0.222 e. The molecule has 0 atom stereocenters. The van der Waals surface area contributed by atoms with E-state index in [9.17, 15) is 0 Å². The summed E-state index contributed by atoms with van der Waals surface area (Å²) in [5.41, 5.74) is 6.46. The molecule has 0 spiro atoms. The summed E-state index contributed by atoms with van der Waals surface area (Å²) in [6.07, 6.45) is 8.29. The van der Waals surface area contributed by atoms with Gasteiger partial charge in [0.2, 0.25) is 5.95 Å². The third-order valence-corrected chi connectivity index (χ3v) is 3.99. The zero-order valence-corrected chi connectivity index (χ0v) is 12.7. The van der Waals surface area contributed by atoms with Crippen molar-refractivity contribution in [2.24, 2.45) is 0 Å². The summed E-state index contributed by atoms with van der Waals surface area (Å²) in [5.74, 6) is 1.67. The molecule has 118 valence electrons. The van der Waals surface area contributed by atoms with E-state index in [1.165, 1.54) is 32.1 Å². The molecule has 1 fully saturated rings. The molecule has 2 aromatic rings. The van der Waals surface area contributed by atoms with E-state index in [-0.39, 0.29) is 5.95 Å². The van der Waals surface area contributed by atoms with Gasteiger partial charge in [0.15, 0.2) is 5.76 Å². The lowest BCUT2D eigenvalue weighted by Crippen LogP contribution is -2.34. The largest absolute Gasteiger partial charge is 0.463 e. The topological polar surface area (TPSA) is 89.0 Å². The third-order valence-electron chi connectivity index (χ3n) is 3.99.